The van der Waals surface area contributed by atoms with E-state index < -0.39 is 27.3 Å². The first kappa shape index (κ1) is 30.6. The molecule has 226 valence electrons. The molecule has 0 radical (unpaired) electrons. The van der Waals surface area contributed by atoms with Crippen LogP contribution in [0.3, 0.4) is 0 Å². The number of halogens is 1. The maximum atomic E-state index is 13.3. The molecule has 2 N–H and O–H groups in total. The van der Waals surface area contributed by atoms with Crippen LogP contribution in [0.5, 0.6) is 5.75 Å². The van der Waals surface area contributed by atoms with E-state index in [1.54, 1.807) is 37.3 Å². The highest BCUT2D eigenvalue weighted by molar-refractivity contribution is 7.90. The van der Waals surface area contributed by atoms with Gasteiger partial charge in [-0.2, -0.15) is 0 Å². The smallest absolute Gasteiger partial charge is 0.264 e. The van der Waals surface area contributed by atoms with Crippen LogP contribution in [-0.2, 0) is 21.9 Å². The molecule has 1 saturated carbocycles. The number of allylic oxidation sites excluding steroid dienone is 1. The molecule has 7 nitrogen and oxygen atoms in total. The fourth-order valence-electron chi connectivity index (χ4n) is 6.89. The number of ether oxygens (including phenoxy) is 1. The van der Waals surface area contributed by atoms with Gasteiger partial charge in [0.05, 0.1) is 23.6 Å². The summed E-state index contributed by atoms with van der Waals surface area (Å²) in [5.41, 5.74) is 3.22. The van der Waals surface area contributed by atoms with Gasteiger partial charge in [-0.05, 0) is 98.2 Å². The highest BCUT2D eigenvalue weighted by atomic mass is 35.5. The van der Waals surface area contributed by atoms with Crippen LogP contribution in [0, 0.1) is 11.8 Å². The predicted molar refractivity (Wildman–Crippen MR) is 168 cm³/mol. The van der Waals surface area contributed by atoms with Gasteiger partial charge in [0, 0.05) is 29.1 Å². The number of fused-ring (bicyclic) bond motifs is 3. The molecule has 1 amide bonds. The molecule has 1 heterocycles. The second-order valence-electron chi connectivity index (χ2n) is 12.0. The van der Waals surface area contributed by atoms with E-state index in [0.29, 0.717) is 44.7 Å². The summed E-state index contributed by atoms with van der Waals surface area (Å²) < 4.78 is 34.9. The van der Waals surface area contributed by atoms with Gasteiger partial charge in [-0.3, -0.25) is 4.79 Å². The lowest BCUT2D eigenvalue weighted by Crippen LogP contribution is -2.47. The van der Waals surface area contributed by atoms with Crippen molar-refractivity contribution in [3.63, 3.8) is 0 Å². The van der Waals surface area contributed by atoms with Crippen LogP contribution < -0.4 is 14.4 Å². The lowest BCUT2D eigenvalue weighted by molar-refractivity contribution is 0.0461. The Balaban J connectivity index is 1.47. The summed E-state index contributed by atoms with van der Waals surface area (Å²) in [7, 11) is -3.86. The first-order valence-corrected chi connectivity index (χ1v) is 16.8. The number of anilines is 1. The maximum Gasteiger partial charge on any atom is 0.264 e. The summed E-state index contributed by atoms with van der Waals surface area (Å²) in [5, 5.41) is 10.6. The largest absolute Gasteiger partial charge is 0.490 e. The SMILES string of the molecule is C=CCC[C@H](CC)S(=O)(=O)NC(=O)c1ccc2c(c1)N(C[C@@H]1CC[C@H]1[C@@H](O)C=C)C[C@@]1(CCc3cc(Cl)ccc31)CO2. The molecule has 42 heavy (non-hydrogen) atoms. The summed E-state index contributed by atoms with van der Waals surface area (Å²) in [6.07, 6.45) is 7.82. The van der Waals surface area contributed by atoms with Crippen LogP contribution in [0.2, 0.25) is 5.02 Å². The molecule has 3 aliphatic rings. The van der Waals surface area contributed by atoms with Crippen LogP contribution in [0.15, 0.2) is 61.7 Å². The Morgan fingerprint density at radius 3 is 2.76 bits per heavy atom. The van der Waals surface area contributed by atoms with Crippen molar-refractivity contribution in [2.24, 2.45) is 11.8 Å². The number of nitrogens with one attached hydrogen (secondary N) is 1. The normalized spacial score (nSPS) is 24.4. The van der Waals surface area contributed by atoms with Crippen molar-refractivity contribution in [3.05, 3.63) is 83.4 Å². The predicted octanol–water partition coefficient (Wildman–Crippen LogP) is 5.80. The minimum absolute atomic E-state index is 0.124. The molecule has 0 unspecified atom stereocenters. The van der Waals surface area contributed by atoms with Crippen molar-refractivity contribution in [3.8, 4) is 5.75 Å². The lowest BCUT2D eigenvalue weighted by Gasteiger charge is -2.43. The molecule has 0 aromatic heterocycles. The van der Waals surface area contributed by atoms with E-state index in [4.69, 9.17) is 16.3 Å². The fourth-order valence-corrected chi connectivity index (χ4v) is 8.52. The zero-order valence-electron chi connectivity index (χ0n) is 24.2. The Morgan fingerprint density at radius 1 is 1.26 bits per heavy atom. The van der Waals surface area contributed by atoms with E-state index in [1.165, 1.54) is 11.1 Å². The van der Waals surface area contributed by atoms with E-state index in [2.05, 4.69) is 28.8 Å². The van der Waals surface area contributed by atoms with Crippen LogP contribution in [0.25, 0.3) is 0 Å². The molecule has 0 bridgehead atoms. The number of nitrogens with zero attached hydrogens (tertiary/aromatic N) is 1. The number of amides is 1. The summed E-state index contributed by atoms with van der Waals surface area (Å²) in [4.78, 5) is 15.6. The first-order chi connectivity index (χ1) is 20.1. The number of aryl methyl sites for hydroxylation is 1. The number of aliphatic hydroxyl groups is 1. The molecule has 2 aromatic rings. The Bertz CT molecular complexity index is 1460. The first-order valence-electron chi connectivity index (χ1n) is 14.9. The quantitative estimate of drug-likeness (QED) is 0.311. The van der Waals surface area contributed by atoms with E-state index >= 15 is 0 Å². The molecule has 5 atom stereocenters. The minimum atomic E-state index is -3.86. The molecule has 1 aliphatic heterocycles. The topological polar surface area (TPSA) is 95.9 Å². The molecule has 1 fully saturated rings. The second-order valence-corrected chi connectivity index (χ2v) is 14.4. The highest BCUT2D eigenvalue weighted by Gasteiger charge is 2.45. The van der Waals surface area contributed by atoms with Crippen molar-refractivity contribution >= 4 is 33.2 Å². The summed E-state index contributed by atoms with van der Waals surface area (Å²) in [6, 6.07) is 11.2. The number of rotatable bonds is 11. The van der Waals surface area contributed by atoms with Gasteiger partial charge < -0.3 is 14.7 Å². The number of hydrogen-bond acceptors (Lipinski definition) is 6. The summed E-state index contributed by atoms with van der Waals surface area (Å²) >= 11 is 6.33. The van der Waals surface area contributed by atoms with Crippen LogP contribution in [-0.4, -0.2) is 50.5 Å². The van der Waals surface area contributed by atoms with E-state index in [0.717, 1.165) is 36.4 Å². The van der Waals surface area contributed by atoms with Gasteiger partial charge in [-0.25, -0.2) is 13.1 Å². The van der Waals surface area contributed by atoms with Gasteiger partial charge in [0.1, 0.15) is 5.75 Å². The van der Waals surface area contributed by atoms with Crippen LogP contribution in [0.4, 0.5) is 5.69 Å². The molecule has 2 aromatic carbocycles. The Labute approximate surface area is 254 Å². The molecular formula is C33H41ClN2O5S. The number of carbonyl (C=O) groups excluding carboxylic acids is 1. The van der Waals surface area contributed by atoms with E-state index in [1.807, 2.05) is 12.1 Å². The number of hydrogen-bond donors (Lipinski definition) is 2. The summed E-state index contributed by atoms with van der Waals surface area (Å²) in [6.45, 7) is 11.1. The molecule has 0 saturated heterocycles. The van der Waals surface area contributed by atoms with Crippen molar-refractivity contribution < 1.29 is 23.1 Å². The van der Waals surface area contributed by atoms with E-state index in [9.17, 15) is 18.3 Å². The van der Waals surface area contributed by atoms with Crippen LogP contribution in [0.1, 0.15) is 66.9 Å². The monoisotopic (exact) mass is 612 g/mol. The van der Waals surface area contributed by atoms with E-state index in [-0.39, 0.29) is 22.8 Å². The summed E-state index contributed by atoms with van der Waals surface area (Å²) in [5.74, 6) is 0.378. The molecular weight excluding hydrogens is 572 g/mol. The number of benzene rings is 2. The van der Waals surface area contributed by atoms with Gasteiger partial charge in [0.15, 0.2) is 0 Å². The number of aliphatic hydroxyl groups excluding tert-OH is 1. The highest BCUT2D eigenvalue weighted by Crippen LogP contribution is 2.47. The third-order valence-corrected chi connectivity index (χ3v) is 11.7. The van der Waals surface area contributed by atoms with Gasteiger partial charge in [-0.1, -0.05) is 36.7 Å². The standard InChI is InChI=1S/C33H41ClN2O5S/c1-4-7-8-26(5-2)42(39,40)35-32(38)23-10-14-31-29(18-23)36(19-24-9-12-27(24)30(37)6-3)20-33(21-41-31)16-15-22-17-25(34)11-13-28(22)33/h4,6,10-11,13-14,17-18,24,26-27,30,37H,1,3,5,7-9,12,15-16,19-21H2,2H3,(H,35,38)/t24-,26-,27+,30-,33-/m0/s1. The fraction of sp³-hybridized carbons (Fsp3) is 0.485. The van der Waals surface area contributed by atoms with Crippen LogP contribution >= 0.6 is 11.6 Å². The zero-order valence-corrected chi connectivity index (χ0v) is 25.8. The van der Waals surface area contributed by atoms with Crippen molar-refractivity contribution in [1.82, 2.24) is 4.72 Å². The second kappa shape index (κ2) is 12.4. The van der Waals surface area contributed by atoms with Gasteiger partial charge in [0.2, 0.25) is 10.0 Å². The Hall–Kier alpha value is -2.81. The third-order valence-electron chi connectivity index (χ3n) is 9.50. The zero-order chi connectivity index (χ0) is 30.1. The van der Waals surface area contributed by atoms with Gasteiger partial charge >= 0.3 is 0 Å². The van der Waals surface area contributed by atoms with Crippen molar-refractivity contribution in [2.75, 3.05) is 24.6 Å². The van der Waals surface area contributed by atoms with Gasteiger partial charge in [0.25, 0.3) is 5.91 Å². The van der Waals surface area contributed by atoms with Crippen molar-refractivity contribution in [2.45, 2.75) is 68.6 Å². The third kappa shape index (κ3) is 5.99. The number of sulfonamides is 1. The Kier molecular flexibility index (Phi) is 9.07. The Morgan fingerprint density at radius 2 is 2.07 bits per heavy atom. The molecule has 2 aliphatic carbocycles. The average Bonchev–Trinajstić information content (AvgIpc) is 3.21. The molecule has 9 heteroatoms. The molecule has 5 rings (SSSR count). The maximum absolute atomic E-state index is 13.3. The van der Waals surface area contributed by atoms with Gasteiger partial charge in [-0.15, -0.1) is 13.2 Å². The average molecular weight is 613 g/mol. The van der Waals surface area contributed by atoms with Crippen molar-refractivity contribution in [1.29, 1.82) is 0 Å². The lowest BCUT2D eigenvalue weighted by atomic mass is 9.70. The minimum Gasteiger partial charge on any atom is -0.490 e. The number of carbonyl (C=O) groups is 1. The molecule has 1 spiro atoms.